The van der Waals surface area contributed by atoms with Crippen molar-refractivity contribution in [2.75, 3.05) is 13.1 Å². The zero-order valence-electron chi connectivity index (χ0n) is 12.9. The summed E-state index contributed by atoms with van der Waals surface area (Å²) in [6, 6.07) is 5.82. The van der Waals surface area contributed by atoms with E-state index < -0.39 is 0 Å². The van der Waals surface area contributed by atoms with Crippen molar-refractivity contribution in [2.24, 2.45) is 0 Å². The van der Waals surface area contributed by atoms with Gasteiger partial charge in [0, 0.05) is 30.3 Å². The third kappa shape index (κ3) is 5.34. The van der Waals surface area contributed by atoms with Crippen LogP contribution in [0.1, 0.15) is 30.5 Å². The molecule has 3 rings (SSSR count). The first-order valence-electron chi connectivity index (χ1n) is 7.64. The maximum atomic E-state index is 12.2. The van der Waals surface area contributed by atoms with E-state index in [1.165, 1.54) is 31.0 Å². The third-order valence-electron chi connectivity index (χ3n) is 3.78. The Bertz CT molecular complexity index is 659. The van der Waals surface area contributed by atoms with Crippen molar-refractivity contribution in [3.8, 4) is 0 Å². The van der Waals surface area contributed by atoms with E-state index in [1.807, 2.05) is 18.2 Å². The highest BCUT2D eigenvalue weighted by Crippen LogP contribution is 2.17. The number of piperidine rings is 1. The fraction of sp³-hybridized carbons (Fsp3) is 0.438. The minimum atomic E-state index is -0.0240. The van der Waals surface area contributed by atoms with Crippen LogP contribution < -0.4 is 5.56 Å². The first-order valence-corrected chi connectivity index (χ1v) is 8.63. The van der Waals surface area contributed by atoms with E-state index in [0.717, 1.165) is 24.3 Å². The summed E-state index contributed by atoms with van der Waals surface area (Å²) in [6.07, 6.45) is 7.24. The second kappa shape index (κ2) is 9.05. The van der Waals surface area contributed by atoms with Crippen LogP contribution in [0.2, 0.25) is 0 Å². The molecule has 2 aromatic rings. The fourth-order valence-corrected chi connectivity index (χ4v) is 3.32. The van der Waals surface area contributed by atoms with Crippen molar-refractivity contribution in [2.45, 2.75) is 36.7 Å². The first-order chi connectivity index (χ1) is 10.8. The molecule has 0 amide bonds. The van der Waals surface area contributed by atoms with Crippen LogP contribution in [-0.2, 0) is 12.3 Å². The normalized spacial score (nSPS) is 15.1. The van der Waals surface area contributed by atoms with Crippen molar-refractivity contribution in [1.29, 1.82) is 0 Å². The average molecular weight is 353 g/mol. The lowest BCUT2D eigenvalue weighted by atomic mass is 10.1. The van der Waals surface area contributed by atoms with E-state index in [0.29, 0.717) is 17.5 Å². The van der Waals surface area contributed by atoms with E-state index in [4.69, 9.17) is 0 Å². The van der Waals surface area contributed by atoms with Crippen LogP contribution >= 0.6 is 24.2 Å². The molecule has 23 heavy (non-hydrogen) atoms. The standard InChI is InChI=1S/C16H20N4OS.ClH/c21-15-13(11-20-8-4-1-5-9-20)10-18-16(19-15)22-12-14-6-2-3-7-17-14;/h2-3,6-7,10H,1,4-5,8-9,11-12H2,(H,18,19,21);1H. The van der Waals surface area contributed by atoms with Gasteiger partial charge in [0.15, 0.2) is 5.16 Å². The molecule has 0 aliphatic carbocycles. The van der Waals surface area contributed by atoms with Gasteiger partial charge >= 0.3 is 0 Å². The van der Waals surface area contributed by atoms with Crippen LogP contribution in [0.15, 0.2) is 40.5 Å². The second-order valence-corrected chi connectivity index (χ2v) is 6.45. The van der Waals surface area contributed by atoms with Crippen molar-refractivity contribution < 1.29 is 0 Å². The molecule has 0 saturated carbocycles. The Balaban J connectivity index is 0.00000192. The largest absolute Gasteiger partial charge is 0.301 e. The number of H-pyrrole nitrogens is 1. The lowest BCUT2D eigenvalue weighted by Gasteiger charge is -2.25. The molecule has 1 aliphatic rings. The number of thioether (sulfide) groups is 1. The second-order valence-electron chi connectivity index (χ2n) is 5.49. The van der Waals surface area contributed by atoms with Crippen molar-refractivity contribution in [1.82, 2.24) is 19.9 Å². The summed E-state index contributed by atoms with van der Waals surface area (Å²) in [6.45, 7) is 2.86. The zero-order chi connectivity index (χ0) is 15.2. The maximum absolute atomic E-state index is 12.2. The van der Waals surface area contributed by atoms with E-state index in [9.17, 15) is 4.79 Å². The van der Waals surface area contributed by atoms with Crippen LogP contribution in [0.5, 0.6) is 0 Å². The van der Waals surface area contributed by atoms with Gasteiger partial charge in [-0.2, -0.15) is 0 Å². The molecular weight excluding hydrogens is 332 g/mol. The van der Waals surface area contributed by atoms with Crippen LogP contribution in [0.4, 0.5) is 0 Å². The van der Waals surface area contributed by atoms with Gasteiger partial charge in [0.1, 0.15) is 0 Å². The van der Waals surface area contributed by atoms with Crippen LogP contribution in [0.25, 0.3) is 0 Å². The highest BCUT2D eigenvalue weighted by Gasteiger charge is 2.13. The molecule has 7 heteroatoms. The maximum Gasteiger partial charge on any atom is 0.256 e. The zero-order valence-corrected chi connectivity index (χ0v) is 14.5. The van der Waals surface area contributed by atoms with Crippen LogP contribution in [0.3, 0.4) is 0 Å². The molecular formula is C16H21ClN4OS. The lowest BCUT2D eigenvalue weighted by molar-refractivity contribution is 0.219. The SMILES string of the molecule is Cl.O=c1[nH]c(SCc2ccccn2)ncc1CN1CCCCC1. The molecule has 3 heterocycles. The van der Waals surface area contributed by atoms with Crippen LogP contribution in [0, 0.1) is 0 Å². The summed E-state index contributed by atoms with van der Waals surface area (Å²) in [7, 11) is 0. The number of nitrogens with one attached hydrogen (secondary N) is 1. The number of likely N-dealkylation sites (tertiary alicyclic amines) is 1. The Morgan fingerprint density at radius 2 is 2.00 bits per heavy atom. The molecule has 5 nitrogen and oxygen atoms in total. The first kappa shape index (κ1) is 18.0. The molecule has 0 bridgehead atoms. The van der Waals surface area contributed by atoms with Gasteiger partial charge in [-0.25, -0.2) is 4.98 Å². The number of hydrogen-bond acceptors (Lipinski definition) is 5. The summed E-state index contributed by atoms with van der Waals surface area (Å²) in [4.78, 5) is 26.0. The highest BCUT2D eigenvalue weighted by atomic mass is 35.5. The molecule has 0 unspecified atom stereocenters. The molecule has 1 N–H and O–H groups in total. The van der Waals surface area contributed by atoms with Gasteiger partial charge in [0.2, 0.25) is 0 Å². The van der Waals surface area contributed by atoms with Crippen molar-refractivity contribution in [3.63, 3.8) is 0 Å². The quantitative estimate of drug-likeness (QED) is 0.662. The Morgan fingerprint density at radius 1 is 1.17 bits per heavy atom. The summed E-state index contributed by atoms with van der Waals surface area (Å²) in [5.41, 5.74) is 1.71. The van der Waals surface area contributed by atoms with Gasteiger partial charge in [-0.05, 0) is 38.1 Å². The molecule has 1 fully saturated rings. The van der Waals surface area contributed by atoms with Gasteiger partial charge < -0.3 is 4.98 Å². The number of hydrogen-bond donors (Lipinski definition) is 1. The van der Waals surface area contributed by atoms with Gasteiger partial charge in [-0.15, -0.1) is 12.4 Å². The minimum absolute atomic E-state index is 0. The minimum Gasteiger partial charge on any atom is -0.301 e. The molecule has 1 aliphatic heterocycles. The van der Waals surface area contributed by atoms with Gasteiger partial charge in [-0.3, -0.25) is 14.7 Å². The summed E-state index contributed by atoms with van der Waals surface area (Å²) < 4.78 is 0. The molecule has 2 aromatic heterocycles. The Kier molecular flexibility index (Phi) is 7.08. The highest BCUT2D eigenvalue weighted by molar-refractivity contribution is 7.98. The Morgan fingerprint density at radius 3 is 2.70 bits per heavy atom. The van der Waals surface area contributed by atoms with Crippen molar-refractivity contribution >= 4 is 24.2 Å². The fourth-order valence-electron chi connectivity index (χ4n) is 2.58. The van der Waals surface area contributed by atoms with Crippen molar-refractivity contribution in [3.05, 3.63) is 52.2 Å². The summed E-state index contributed by atoms with van der Waals surface area (Å²) in [5.74, 6) is 0.704. The lowest BCUT2D eigenvalue weighted by Crippen LogP contribution is -2.31. The van der Waals surface area contributed by atoms with Crippen LogP contribution in [-0.4, -0.2) is 32.9 Å². The number of pyridine rings is 1. The molecule has 0 aromatic carbocycles. The predicted molar refractivity (Wildman–Crippen MR) is 95.0 cm³/mol. The van der Waals surface area contributed by atoms with E-state index in [2.05, 4.69) is 19.9 Å². The average Bonchev–Trinajstić information content (AvgIpc) is 2.57. The number of aromatic nitrogens is 3. The number of halogens is 1. The Hall–Kier alpha value is -1.37. The van der Waals surface area contributed by atoms with E-state index >= 15 is 0 Å². The molecule has 0 spiro atoms. The number of rotatable bonds is 5. The molecule has 0 radical (unpaired) electrons. The predicted octanol–water partition coefficient (Wildman–Crippen LogP) is 2.86. The molecule has 124 valence electrons. The van der Waals surface area contributed by atoms with Gasteiger partial charge in [0.05, 0.1) is 5.69 Å². The topological polar surface area (TPSA) is 61.9 Å². The Labute approximate surface area is 146 Å². The summed E-state index contributed by atoms with van der Waals surface area (Å²) >= 11 is 1.50. The molecule has 0 atom stereocenters. The van der Waals surface area contributed by atoms with Gasteiger partial charge in [0.25, 0.3) is 5.56 Å². The number of nitrogens with zero attached hydrogens (tertiary/aromatic N) is 3. The third-order valence-corrected chi connectivity index (χ3v) is 4.70. The molecule has 1 saturated heterocycles. The van der Waals surface area contributed by atoms with E-state index in [1.54, 1.807) is 12.4 Å². The summed E-state index contributed by atoms with van der Waals surface area (Å²) in [5, 5.41) is 0.651. The number of aromatic amines is 1. The monoisotopic (exact) mass is 352 g/mol. The van der Waals surface area contributed by atoms with E-state index in [-0.39, 0.29) is 18.0 Å². The van der Waals surface area contributed by atoms with Gasteiger partial charge in [-0.1, -0.05) is 24.2 Å². The smallest absolute Gasteiger partial charge is 0.256 e.